The molecule has 2 aromatic rings. The van der Waals surface area contributed by atoms with Crippen LogP contribution in [0.15, 0.2) is 36.4 Å². The Kier molecular flexibility index (Phi) is 10.5. The first kappa shape index (κ1) is 29.4. The van der Waals surface area contributed by atoms with Gasteiger partial charge in [0.25, 0.3) is 0 Å². The molecule has 0 N–H and O–H groups in total. The molecular weight excluding hydrogens is 474 g/mol. The zero-order valence-corrected chi connectivity index (χ0v) is 24.6. The lowest BCUT2D eigenvalue weighted by Gasteiger charge is -2.35. The molecule has 35 heavy (non-hydrogen) atoms. The van der Waals surface area contributed by atoms with Crippen LogP contribution >= 0.6 is 11.9 Å². The van der Waals surface area contributed by atoms with Crippen LogP contribution in [0.4, 0.5) is 5.69 Å². The van der Waals surface area contributed by atoms with Gasteiger partial charge >= 0.3 is 0 Å². The molecule has 0 bridgehead atoms. The van der Waals surface area contributed by atoms with Crippen LogP contribution in [0, 0.1) is 19.3 Å². The number of ether oxygens (including phenoxy) is 1. The van der Waals surface area contributed by atoms with Crippen LogP contribution in [0.2, 0.25) is 0 Å². The fraction of sp³-hybridized carbons (Fsp3) is 0.552. The Morgan fingerprint density at radius 2 is 1.51 bits per heavy atom. The molecule has 4 nitrogen and oxygen atoms in total. The van der Waals surface area contributed by atoms with Crippen LogP contribution in [0.3, 0.4) is 0 Å². The molecule has 2 aromatic carbocycles. The van der Waals surface area contributed by atoms with Gasteiger partial charge in [0.2, 0.25) is 0 Å². The Bertz CT molecular complexity index is 1040. The second kappa shape index (κ2) is 12.4. The maximum atomic E-state index is 12.7. The number of hydrogen-bond donors (Lipinski definition) is 0. The summed E-state index contributed by atoms with van der Waals surface area (Å²) in [5, 5.41) is 0. The molecule has 1 atom stereocenters. The van der Waals surface area contributed by atoms with E-state index in [9.17, 15) is 9.00 Å². The summed E-state index contributed by atoms with van der Waals surface area (Å²) < 4.78 is 20.5. The third-order valence-electron chi connectivity index (χ3n) is 6.75. The van der Waals surface area contributed by atoms with Crippen molar-refractivity contribution in [3.8, 4) is 5.75 Å². The van der Waals surface area contributed by atoms with E-state index in [1.807, 2.05) is 44.4 Å². The molecular formula is C29H43NO3S2. The van der Waals surface area contributed by atoms with E-state index in [0.29, 0.717) is 5.75 Å². The SMILES string of the molecule is CCSN(c1ccc(C(CC)(CC)c2ccc(OCC(=O)C(C)(C)C)c(C)c2)cc1C)S(=O)CC. The highest BCUT2D eigenvalue weighted by atomic mass is 32.2. The summed E-state index contributed by atoms with van der Waals surface area (Å²) in [6.07, 6.45) is 1.91. The number of nitrogens with zero attached hydrogens (tertiary/aromatic N) is 1. The van der Waals surface area contributed by atoms with E-state index in [0.717, 1.165) is 41.2 Å². The Labute approximate surface area is 219 Å². The number of hydrogen-bond acceptors (Lipinski definition) is 4. The van der Waals surface area contributed by atoms with Crippen LogP contribution in [0.25, 0.3) is 0 Å². The maximum Gasteiger partial charge on any atom is 0.175 e. The zero-order chi connectivity index (χ0) is 26.4. The number of carbonyl (C=O) groups excluding carboxylic acids is 1. The van der Waals surface area contributed by atoms with Gasteiger partial charge in [-0.2, -0.15) is 0 Å². The first-order chi connectivity index (χ1) is 16.4. The van der Waals surface area contributed by atoms with Gasteiger partial charge in [-0.05, 0) is 73.0 Å². The van der Waals surface area contributed by atoms with Crippen LogP contribution in [-0.2, 0) is 21.2 Å². The number of ketones is 1. The number of carbonyl (C=O) groups is 1. The summed E-state index contributed by atoms with van der Waals surface area (Å²) in [6, 6.07) is 13.0. The quantitative estimate of drug-likeness (QED) is 0.273. The Balaban J connectivity index is 2.43. The van der Waals surface area contributed by atoms with Crippen molar-refractivity contribution in [3.63, 3.8) is 0 Å². The van der Waals surface area contributed by atoms with E-state index in [4.69, 9.17) is 4.74 Å². The molecule has 0 aliphatic carbocycles. The van der Waals surface area contributed by atoms with Crippen molar-refractivity contribution in [2.75, 3.05) is 21.8 Å². The normalized spacial score (nSPS) is 12.9. The smallest absolute Gasteiger partial charge is 0.175 e. The van der Waals surface area contributed by atoms with Gasteiger partial charge in [0.1, 0.15) is 23.3 Å². The molecule has 0 fully saturated rings. The summed E-state index contributed by atoms with van der Waals surface area (Å²) in [7, 11) is -1.05. The number of aryl methyl sites for hydroxylation is 2. The summed E-state index contributed by atoms with van der Waals surface area (Å²) in [4.78, 5) is 12.3. The molecule has 0 spiro atoms. The van der Waals surface area contributed by atoms with Gasteiger partial charge in [-0.25, -0.2) is 7.92 Å². The molecule has 0 heterocycles. The minimum atomic E-state index is -1.05. The van der Waals surface area contributed by atoms with Crippen molar-refractivity contribution < 1.29 is 13.7 Å². The number of anilines is 1. The first-order valence-corrected chi connectivity index (χ1v) is 14.9. The van der Waals surface area contributed by atoms with Gasteiger partial charge < -0.3 is 4.74 Å². The van der Waals surface area contributed by atoms with Crippen molar-refractivity contribution in [2.24, 2.45) is 5.41 Å². The summed E-state index contributed by atoms with van der Waals surface area (Å²) in [5.41, 5.74) is 5.15. The van der Waals surface area contributed by atoms with E-state index >= 15 is 0 Å². The fourth-order valence-electron chi connectivity index (χ4n) is 4.33. The second-order valence-corrected chi connectivity index (χ2v) is 13.0. The topological polar surface area (TPSA) is 46.6 Å². The van der Waals surface area contributed by atoms with E-state index in [1.54, 1.807) is 11.9 Å². The molecule has 0 aliphatic heterocycles. The highest BCUT2D eigenvalue weighted by Crippen LogP contribution is 2.42. The van der Waals surface area contributed by atoms with Gasteiger partial charge in [0, 0.05) is 22.3 Å². The first-order valence-electron chi connectivity index (χ1n) is 12.6. The third-order valence-corrected chi connectivity index (χ3v) is 9.32. The number of rotatable bonds is 12. The van der Waals surface area contributed by atoms with Gasteiger partial charge in [-0.1, -0.05) is 72.7 Å². The highest BCUT2D eigenvalue weighted by Gasteiger charge is 2.32. The maximum absolute atomic E-state index is 12.7. The molecule has 194 valence electrons. The molecule has 0 saturated carbocycles. The number of Topliss-reactive ketones (excluding diaryl/α,β-unsaturated/α-hetero) is 1. The van der Waals surface area contributed by atoms with Crippen LogP contribution in [0.1, 0.15) is 83.6 Å². The molecule has 6 heteroatoms. The van der Waals surface area contributed by atoms with Gasteiger partial charge in [0.15, 0.2) is 5.78 Å². The Hall–Kier alpha value is -1.79. The van der Waals surface area contributed by atoms with Crippen LogP contribution in [-0.4, -0.2) is 28.1 Å². The summed E-state index contributed by atoms with van der Waals surface area (Å²) >= 11 is 1.60. The molecule has 0 aromatic heterocycles. The predicted molar refractivity (Wildman–Crippen MR) is 153 cm³/mol. The summed E-state index contributed by atoms with van der Waals surface area (Å²) in [5.74, 6) is 2.31. The van der Waals surface area contributed by atoms with E-state index in [1.165, 1.54) is 11.1 Å². The van der Waals surface area contributed by atoms with Crippen molar-refractivity contribution in [2.45, 2.75) is 80.6 Å². The molecule has 2 rings (SSSR count). The standard InChI is InChI=1S/C29H43NO3S2/c1-10-29(11-2,23-14-16-25(21(5)18-23)30(34-12-3)35(32)13-4)24-15-17-26(22(6)19-24)33-20-27(31)28(7,8)9/h14-19H,10-13,20H2,1-9H3. The van der Waals surface area contributed by atoms with Crippen molar-refractivity contribution in [3.05, 3.63) is 58.7 Å². The lowest BCUT2D eigenvalue weighted by Crippen LogP contribution is -2.27. The fourth-order valence-corrected chi connectivity index (χ4v) is 6.67. The van der Waals surface area contributed by atoms with E-state index in [-0.39, 0.29) is 17.8 Å². The van der Waals surface area contributed by atoms with Crippen molar-refractivity contribution >= 4 is 34.4 Å². The summed E-state index contributed by atoms with van der Waals surface area (Å²) in [6.45, 7) is 18.5. The monoisotopic (exact) mass is 517 g/mol. The van der Waals surface area contributed by atoms with Crippen LogP contribution < -0.4 is 8.45 Å². The van der Waals surface area contributed by atoms with Gasteiger partial charge in [-0.3, -0.25) is 4.79 Å². The van der Waals surface area contributed by atoms with Gasteiger partial charge in [0.05, 0.1) is 5.69 Å². The largest absolute Gasteiger partial charge is 0.486 e. The van der Waals surface area contributed by atoms with Crippen molar-refractivity contribution in [1.29, 1.82) is 0 Å². The van der Waals surface area contributed by atoms with Crippen molar-refractivity contribution in [1.82, 2.24) is 0 Å². The molecule has 1 unspecified atom stereocenters. The van der Waals surface area contributed by atoms with E-state index < -0.39 is 16.4 Å². The third kappa shape index (κ3) is 6.71. The molecule has 0 radical (unpaired) electrons. The average molecular weight is 518 g/mol. The lowest BCUT2D eigenvalue weighted by molar-refractivity contribution is -0.128. The second-order valence-electron chi connectivity index (χ2n) is 10.0. The minimum absolute atomic E-state index is 0.0858. The average Bonchev–Trinajstić information content (AvgIpc) is 2.82. The molecule has 0 amide bonds. The lowest BCUT2D eigenvalue weighted by atomic mass is 9.70. The Morgan fingerprint density at radius 1 is 0.943 bits per heavy atom. The predicted octanol–water partition coefficient (Wildman–Crippen LogP) is 7.56. The number of benzene rings is 2. The molecule has 0 aliphatic rings. The zero-order valence-electron chi connectivity index (χ0n) is 23.0. The Morgan fingerprint density at radius 3 is 1.97 bits per heavy atom. The van der Waals surface area contributed by atoms with E-state index in [2.05, 4.69) is 58.0 Å². The highest BCUT2D eigenvalue weighted by molar-refractivity contribution is 8.12. The minimum Gasteiger partial charge on any atom is -0.486 e. The van der Waals surface area contributed by atoms with Crippen LogP contribution in [0.5, 0.6) is 5.75 Å². The van der Waals surface area contributed by atoms with Gasteiger partial charge in [-0.15, -0.1) is 0 Å². The molecule has 0 saturated heterocycles.